The van der Waals surface area contributed by atoms with E-state index in [0.29, 0.717) is 31.9 Å². The van der Waals surface area contributed by atoms with Crippen LogP contribution in [0, 0.1) is 46.3 Å². The molecule has 0 aliphatic heterocycles. The average Bonchev–Trinajstić information content (AvgIpc) is 0.786. The van der Waals surface area contributed by atoms with Gasteiger partial charge in [0.1, 0.15) is 50.3 Å². The van der Waals surface area contributed by atoms with Gasteiger partial charge in [-0.15, -0.1) is 0 Å². The van der Waals surface area contributed by atoms with Crippen molar-refractivity contribution < 1.29 is 47.8 Å². The van der Waals surface area contributed by atoms with Gasteiger partial charge in [-0.3, -0.25) is 29.9 Å². The second-order valence-electron chi connectivity index (χ2n) is 22.8. The maximum atomic E-state index is 13.0. The van der Waals surface area contributed by atoms with Crippen molar-refractivity contribution in [2.75, 3.05) is 28.4 Å². The van der Waals surface area contributed by atoms with Crippen LogP contribution in [0.1, 0.15) is 60.4 Å². The van der Waals surface area contributed by atoms with Crippen molar-refractivity contribution in [1.82, 2.24) is 29.9 Å². The van der Waals surface area contributed by atoms with Crippen LogP contribution in [0.4, 0.5) is 8.78 Å². The third-order valence-corrected chi connectivity index (χ3v) is 19.9. The van der Waals surface area contributed by atoms with E-state index in [2.05, 4.69) is 168 Å². The number of fused-ring (bicyclic) bond motifs is 6. The molecule has 0 atom stereocenters. The fourth-order valence-corrected chi connectivity index (χ4v) is 15.2. The highest BCUT2D eigenvalue weighted by molar-refractivity contribution is 9.11. The molecular weight excluding hydrogens is 1750 g/mol. The molecule has 6 aromatic heterocycles. The third kappa shape index (κ3) is 18.5. The average molecular weight is 1810 g/mol. The molecule has 0 saturated carbocycles. The number of aromatic hydroxyl groups is 2. The number of ether oxygens (including phenoxy) is 4. The van der Waals surface area contributed by atoms with Crippen LogP contribution < -0.4 is 18.9 Å². The van der Waals surface area contributed by atoms with E-state index in [-0.39, 0.29) is 34.4 Å². The lowest BCUT2D eigenvalue weighted by Gasteiger charge is -2.12. The number of pyridine rings is 6. The Morgan fingerprint density at radius 2 is 0.703 bits per heavy atom. The van der Waals surface area contributed by atoms with Crippen LogP contribution in [0.2, 0.25) is 0 Å². The lowest BCUT2D eigenvalue weighted by molar-refractivity contribution is 0.0693. The summed E-state index contributed by atoms with van der Waals surface area (Å²) in [5, 5.41) is 34.7. The van der Waals surface area contributed by atoms with Crippen molar-refractivity contribution in [3.8, 4) is 34.5 Å². The largest absolute Gasteiger partial charge is 0.505 e. The van der Waals surface area contributed by atoms with Gasteiger partial charge in [-0.25, -0.2) is 13.6 Å². The van der Waals surface area contributed by atoms with Crippen molar-refractivity contribution in [3.05, 3.63) is 275 Å². The minimum absolute atomic E-state index is 0.0984. The Balaban J connectivity index is 0.000000144. The van der Waals surface area contributed by atoms with Gasteiger partial charge in [0.2, 0.25) is 0 Å². The Morgan fingerprint density at radius 3 is 1.14 bits per heavy atom. The summed E-state index contributed by atoms with van der Waals surface area (Å²) in [7, 11) is 6.38. The number of carboxylic acid groups (broad SMARTS) is 1. The van der Waals surface area contributed by atoms with Crippen LogP contribution in [0.5, 0.6) is 34.5 Å². The number of hydrogen-bond acceptors (Lipinski definition) is 13. The van der Waals surface area contributed by atoms with Gasteiger partial charge in [0, 0.05) is 78.4 Å². The highest BCUT2D eigenvalue weighted by Crippen LogP contribution is 2.40. The number of carbonyl (C=O) groups is 1. The molecule has 101 heavy (non-hydrogen) atoms. The summed E-state index contributed by atoms with van der Waals surface area (Å²) in [6, 6.07) is 42.0. The van der Waals surface area contributed by atoms with Gasteiger partial charge >= 0.3 is 5.97 Å². The highest BCUT2D eigenvalue weighted by Gasteiger charge is 2.19. The van der Waals surface area contributed by atoms with Gasteiger partial charge in [0.05, 0.1) is 50.8 Å². The molecule has 0 amide bonds. The number of rotatable bonds is 9. The number of halogens is 9. The molecule has 23 heteroatoms. The topological polar surface area (TPSA) is 192 Å². The second kappa shape index (κ2) is 35.1. The molecule has 8 aromatic carbocycles. The molecule has 0 bridgehead atoms. The van der Waals surface area contributed by atoms with Crippen molar-refractivity contribution in [1.29, 1.82) is 0 Å². The number of aromatic carboxylic acids is 1. The molecule has 0 unspecified atom stereocenters. The maximum absolute atomic E-state index is 13.0. The molecule has 0 aliphatic carbocycles. The van der Waals surface area contributed by atoms with Crippen molar-refractivity contribution in [2.45, 2.75) is 47.5 Å². The van der Waals surface area contributed by atoms with Crippen LogP contribution in [0.3, 0.4) is 0 Å². The zero-order valence-electron chi connectivity index (χ0n) is 55.6. The summed E-state index contributed by atoms with van der Waals surface area (Å²) in [4.78, 5) is 37.2. The van der Waals surface area contributed by atoms with E-state index < -0.39 is 5.97 Å². The second-order valence-corrected chi connectivity index (χ2v) is 28.8. The molecule has 0 radical (unpaired) electrons. The highest BCUT2D eigenvalue weighted by atomic mass is 79.9. The molecular formula is C78H63Br7F2N6O8. The monoisotopic (exact) mass is 1800 g/mol. The standard InChI is InChI=1S/C19H16FNO3.C18H15BrFNO.C11H9Br2NO.C11H10BrNO.C10H8BrNO.C9H5Br2NO/c1-11-7-16(19(22)23)18(24-2)17-15(11)9-13(10-21-17)8-12-3-5-14(20)6-4-12;1-11-7-16(19)18(22-2)17-15(11)9-13(10-21-17)8-12-3-5-14(20)6-4-12;1-6-3-9(13)11(15-2)10-8(6)4-7(12)5-14-10;1-7-6-9(12)11(14-2)10-8(7)4-3-5-13-10;1-6-5-8(11)10(13)9-7(6)3-2-4-12-9;10-6-4-7(11)9(13)8-5(6)2-1-3-12-8/h3-7,9-10H,8H2,1-2H3,(H,22,23);3-7,9-10H,8H2,1-2H3;3-5H,1-2H3;3-6H,1-2H3;2-5,13H,1H3;1-4,13H. The first-order valence-corrected chi connectivity index (χ1v) is 36.2. The predicted octanol–water partition coefficient (Wildman–Crippen LogP) is 22.9. The first-order chi connectivity index (χ1) is 48.3. The lowest BCUT2D eigenvalue weighted by Crippen LogP contribution is -2.03. The summed E-state index contributed by atoms with van der Waals surface area (Å²) < 4.78 is 53.3. The van der Waals surface area contributed by atoms with E-state index in [4.69, 9.17) is 18.9 Å². The summed E-state index contributed by atoms with van der Waals surface area (Å²) >= 11 is 23.8. The smallest absolute Gasteiger partial charge is 0.339 e. The summed E-state index contributed by atoms with van der Waals surface area (Å²) in [6.07, 6.45) is 11.8. The number of hydrogen-bond donors (Lipinski definition) is 3. The molecule has 3 N–H and O–H groups in total. The molecule has 14 rings (SSSR count). The predicted molar refractivity (Wildman–Crippen MR) is 423 cm³/mol. The van der Waals surface area contributed by atoms with E-state index in [1.165, 1.54) is 42.5 Å². The molecule has 0 fully saturated rings. The first-order valence-electron chi connectivity index (χ1n) is 30.7. The number of phenolic OH excluding ortho intramolecular Hbond substituents is 2. The Bertz CT molecular complexity index is 5300. The number of nitrogens with zero attached hydrogens (tertiary/aromatic N) is 6. The van der Waals surface area contributed by atoms with Crippen LogP contribution in [0.15, 0.2) is 208 Å². The van der Waals surface area contributed by atoms with Gasteiger partial charge in [-0.1, -0.05) is 58.4 Å². The Kier molecular flexibility index (Phi) is 26.7. The Morgan fingerprint density at radius 1 is 0.366 bits per heavy atom. The van der Waals surface area contributed by atoms with Gasteiger partial charge in [-0.05, 0) is 290 Å². The summed E-state index contributed by atoms with van der Waals surface area (Å²) in [5.41, 5.74) is 14.0. The number of phenols is 2. The van der Waals surface area contributed by atoms with Gasteiger partial charge in [0.25, 0.3) is 0 Å². The molecule has 14 aromatic rings. The lowest BCUT2D eigenvalue weighted by atomic mass is 10.00. The summed E-state index contributed by atoms with van der Waals surface area (Å²) in [6.45, 7) is 10.0. The van der Waals surface area contributed by atoms with E-state index in [9.17, 15) is 28.9 Å². The fourth-order valence-electron chi connectivity index (χ4n) is 11.0. The normalized spacial score (nSPS) is 10.7. The molecule has 6 heterocycles. The molecule has 0 spiro atoms. The third-order valence-electron chi connectivity index (χ3n) is 15.9. The van der Waals surface area contributed by atoms with Crippen LogP contribution in [-0.2, 0) is 12.8 Å². The van der Waals surface area contributed by atoms with Gasteiger partial charge in [-0.2, -0.15) is 0 Å². The van der Waals surface area contributed by atoms with Crippen molar-refractivity contribution in [3.63, 3.8) is 0 Å². The number of methoxy groups -OCH3 is 4. The number of aromatic nitrogens is 6. The number of benzene rings is 8. The first kappa shape index (κ1) is 76.9. The van der Waals surface area contributed by atoms with E-state index in [1.54, 1.807) is 88.7 Å². The van der Waals surface area contributed by atoms with Gasteiger partial charge < -0.3 is 34.3 Å². The van der Waals surface area contributed by atoms with E-state index in [0.717, 1.165) is 134 Å². The number of aryl methyl sites for hydroxylation is 5. The van der Waals surface area contributed by atoms with Crippen LogP contribution in [-0.4, -0.2) is 79.6 Å². The molecule has 0 aliphatic rings. The van der Waals surface area contributed by atoms with Crippen LogP contribution >= 0.6 is 112 Å². The Labute approximate surface area is 640 Å². The number of carboxylic acids is 1. The zero-order chi connectivity index (χ0) is 72.9. The van der Waals surface area contributed by atoms with E-state index >= 15 is 0 Å². The van der Waals surface area contributed by atoms with Crippen molar-refractivity contribution in [2.24, 2.45) is 0 Å². The zero-order valence-corrected chi connectivity index (χ0v) is 66.7. The molecule has 516 valence electrons. The minimum atomic E-state index is -1.05. The van der Waals surface area contributed by atoms with Crippen LogP contribution in [0.25, 0.3) is 65.4 Å². The molecule has 14 nitrogen and oxygen atoms in total. The summed E-state index contributed by atoms with van der Waals surface area (Å²) in [5.74, 6) is 1.44. The van der Waals surface area contributed by atoms with E-state index in [1.807, 2.05) is 92.8 Å². The van der Waals surface area contributed by atoms with Gasteiger partial charge in [0.15, 0.2) is 34.5 Å². The molecule has 0 saturated heterocycles. The van der Waals surface area contributed by atoms with Crippen molar-refractivity contribution >= 4 is 183 Å². The quantitative estimate of drug-likeness (QED) is 0.124. The fraction of sp³-hybridized carbons (Fsp3) is 0.141. The minimum Gasteiger partial charge on any atom is -0.505 e. The maximum Gasteiger partial charge on any atom is 0.339 e. The Hall–Kier alpha value is -8.29. The SMILES string of the molecule is COc1c(Br)cc(C)c2cc(Br)cnc12.COc1c(Br)cc(C)c2cc(Cc3ccc(F)cc3)cnc12.COc1c(Br)cc(C)c2cccnc12.COc1c(C(=O)O)cc(C)c2cc(Cc3ccc(F)cc3)cnc12.Cc1cc(Br)c(O)c2ncccc12.Oc1c(Br)cc(Br)c2cccnc12.